The molecule has 19 heavy (non-hydrogen) atoms. The van der Waals surface area contributed by atoms with Crippen molar-refractivity contribution in [3.05, 3.63) is 33.8 Å². The number of rotatable bonds is 4. The van der Waals surface area contributed by atoms with Crippen molar-refractivity contribution in [2.45, 2.75) is 19.8 Å². The first-order valence-corrected chi connectivity index (χ1v) is 6.86. The van der Waals surface area contributed by atoms with Gasteiger partial charge in [0.2, 0.25) is 5.91 Å². The van der Waals surface area contributed by atoms with Crippen LogP contribution in [0.5, 0.6) is 5.75 Å². The number of carbonyl (C=O) groups is 2. The maximum atomic E-state index is 11.5. The Hall–Kier alpha value is -1.62. The van der Waals surface area contributed by atoms with Crippen LogP contribution < -0.4 is 10.1 Å². The van der Waals surface area contributed by atoms with Crippen LogP contribution in [0.4, 0.5) is 0 Å². The third-order valence-corrected chi connectivity index (χ3v) is 3.15. The molecule has 0 unspecified atom stereocenters. The molecule has 1 fully saturated rings. The van der Waals surface area contributed by atoms with Crippen LogP contribution in [0.3, 0.4) is 0 Å². The van der Waals surface area contributed by atoms with Gasteiger partial charge in [-0.3, -0.25) is 14.9 Å². The summed E-state index contributed by atoms with van der Waals surface area (Å²) in [5.41, 5.74) is 1.26. The Labute approximate surface area is 120 Å². The van der Waals surface area contributed by atoms with E-state index >= 15 is 0 Å². The lowest BCUT2D eigenvalue weighted by Gasteiger charge is -2.09. The molecule has 0 spiro atoms. The molecular formula is C14H14BrNO3. The number of imide groups is 1. The van der Waals surface area contributed by atoms with Crippen molar-refractivity contribution in [2.24, 2.45) is 0 Å². The maximum Gasteiger partial charge on any atom is 0.254 e. The van der Waals surface area contributed by atoms with E-state index in [1.54, 1.807) is 6.08 Å². The smallest absolute Gasteiger partial charge is 0.254 e. The van der Waals surface area contributed by atoms with Crippen molar-refractivity contribution >= 4 is 33.8 Å². The van der Waals surface area contributed by atoms with E-state index in [0.717, 1.165) is 16.5 Å². The zero-order valence-electron chi connectivity index (χ0n) is 10.5. The fraction of sp³-hybridized carbons (Fsp3) is 0.286. The SMILES string of the molecule is CCCOc1ccc(Br)cc1C=C1CC(=O)NC1=O. The molecule has 0 atom stereocenters. The van der Waals surface area contributed by atoms with Crippen LogP contribution in [-0.4, -0.2) is 18.4 Å². The van der Waals surface area contributed by atoms with Gasteiger partial charge in [-0.1, -0.05) is 22.9 Å². The summed E-state index contributed by atoms with van der Waals surface area (Å²) in [5.74, 6) is 0.124. The molecule has 0 saturated carbocycles. The normalized spacial score (nSPS) is 16.8. The molecule has 5 heteroatoms. The Morgan fingerprint density at radius 3 is 2.84 bits per heavy atom. The number of hydrogen-bond acceptors (Lipinski definition) is 3. The topological polar surface area (TPSA) is 55.4 Å². The fourth-order valence-electron chi connectivity index (χ4n) is 1.78. The van der Waals surface area contributed by atoms with E-state index in [-0.39, 0.29) is 18.2 Å². The van der Waals surface area contributed by atoms with Crippen LogP contribution in [0.2, 0.25) is 0 Å². The van der Waals surface area contributed by atoms with Gasteiger partial charge in [0.25, 0.3) is 5.91 Å². The van der Waals surface area contributed by atoms with Crippen molar-refractivity contribution in [3.8, 4) is 5.75 Å². The van der Waals surface area contributed by atoms with Crippen LogP contribution in [-0.2, 0) is 9.59 Å². The lowest BCUT2D eigenvalue weighted by molar-refractivity contribution is -0.124. The van der Waals surface area contributed by atoms with Gasteiger partial charge >= 0.3 is 0 Å². The van der Waals surface area contributed by atoms with E-state index in [1.807, 2.05) is 25.1 Å². The van der Waals surface area contributed by atoms with Gasteiger partial charge in [0.1, 0.15) is 5.75 Å². The average Bonchev–Trinajstić information content (AvgIpc) is 2.67. The molecule has 1 aromatic rings. The summed E-state index contributed by atoms with van der Waals surface area (Å²) in [6.07, 6.45) is 2.74. The molecule has 1 aliphatic rings. The first-order chi connectivity index (χ1) is 9.10. The first-order valence-electron chi connectivity index (χ1n) is 6.07. The lowest BCUT2D eigenvalue weighted by Crippen LogP contribution is -2.19. The minimum atomic E-state index is -0.327. The number of hydrogen-bond donors (Lipinski definition) is 1. The highest BCUT2D eigenvalue weighted by atomic mass is 79.9. The number of amides is 2. The summed E-state index contributed by atoms with van der Waals surface area (Å²) in [5, 5.41) is 2.27. The Bertz CT molecular complexity index is 552. The molecule has 0 bridgehead atoms. The van der Waals surface area contributed by atoms with Gasteiger partial charge in [-0.25, -0.2) is 0 Å². The van der Waals surface area contributed by atoms with Crippen molar-refractivity contribution in [1.82, 2.24) is 5.32 Å². The zero-order valence-corrected chi connectivity index (χ0v) is 12.1. The molecule has 1 N–H and O–H groups in total. The van der Waals surface area contributed by atoms with Crippen molar-refractivity contribution in [3.63, 3.8) is 0 Å². The van der Waals surface area contributed by atoms with Crippen molar-refractivity contribution in [1.29, 1.82) is 0 Å². The van der Waals surface area contributed by atoms with Crippen LogP contribution >= 0.6 is 15.9 Å². The zero-order chi connectivity index (χ0) is 13.8. The summed E-state index contributed by atoms with van der Waals surface area (Å²) in [6, 6.07) is 5.60. The molecule has 100 valence electrons. The molecule has 4 nitrogen and oxygen atoms in total. The maximum absolute atomic E-state index is 11.5. The molecule has 2 rings (SSSR count). The third kappa shape index (κ3) is 3.44. The molecular weight excluding hydrogens is 310 g/mol. The number of ether oxygens (including phenoxy) is 1. The van der Waals surface area contributed by atoms with E-state index in [4.69, 9.17) is 4.74 Å². The summed E-state index contributed by atoms with van der Waals surface area (Å²) < 4.78 is 6.53. The molecule has 1 saturated heterocycles. The molecule has 1 heterocycles. The second kappa shape index (κ2) is 6.02. The highest BCUT2D eigenvalue weighted by Crippen LogP contribution is 2.27. The molecule has 1 aromatic carbocycles. The molecule has 0 aromatic heterocycles. The fourth-order valence-corrected chi connectivity index (χ4v) is 2.16. The van der Waals surface area contributed by atoms with Gasteiger partial charge in [-0.05, 0) is 30.7 Å². The Kier molecular flexibility index (Phi) is 4.37. The Balaban J connectivity index is 2.32. The lowest BCUT2D eigenvalue weighted by atomic mass is 10.1. The molecule has 2 amide bonds. The monoisotopic (exact) mass is 323 g/mol. The quantitative estimate of drug-likeness (QED) is 0.684. The van der Waals surface area contributed by atoms with Crippen LogP contribution in [0.1, 0.15) is 25.3 Å². The second-order valence-electron chi connectivity index (χ2n) is 4.25. The van der Waals surface area contributed by atoms with Gasteiger partial charge in [0.15, 0.2) is 0 Å². The van der Waals surface area contributed by atoms with Crippen LogP contribution in [0, 0.1) is 0 Å². The molecule has 1 aliphatic heterocycles. The Morgan fingerprint density at radius 2 is 2.21 bits per heavy atom. The van der Waals surface area contributed by atoms with E-state index in [2.05, 4.69) is 21.2 Å². The van der Waals surface area contributed by atoms with E-state index in [1.165, 1.54) is 0 Å². The van der Waals surface area contributed by atoms with Crippen molar-refractivity contribution in [2.75, 3.05) is 6.61 Å². The number of nitrogens with one attached hydrogen (secondary N) is 1. The van der Waals surface area contributed by atoms with Crippen LogP contribution in [0.25, 0.3) is 6.08 Å². The van der Waals surface area contributed by atoms with E-state index < -0.39 is 0 Å². The van der Waals surface area contributed by atoms with Gasteiger partial charge in [0.05, 0.1) is 13.0 Å². The first kappa shape index (κ1) is 13.8. The highest BCUT2D eigenvalue weighted by molar-refractivity contribution is 9.10. The predicted molar refractivity (Wildman–Crippen MR) is 75.7 cm³/mol. The largest absolute Gasteiger partial charge is 0.493 e. The minimum Gasteiger partial charge on any atom is -0.493 e. The summed E-state index contributed by atoms with van der Waals surface area (Å²) in [4.78, 5) is 22.7. The predicted octanol–water partition coefficient (Wildman–Crippen LogP) is 2.67. The Morgan fingerprint density at radius 1 is 1.42 bits per heavy atom. The minimum absolute atomic E-state index is 0.124. The number of halogens is 1. The summed E-state index contributed by atoms with van der Waals surface area (Å²) in [6.45, 7) is 2.64. The second-order valence-corrected chi connectivity index (χ2v) is 5.17. The van der Waals surface area contributed by atoms with E-state index in [9.17, 15) is 9.59 Å². The number of carbonyl (C=O) groups excluding carboxylic acids is 2. The van der Waals surface area contributed by atoms with Gasteiger partial charge in [0, 0.05) is 15.6 Å². The standard InChI is InChI=1S/C14H14BrNO3/c1-2-5-19-12-4-3-11(15)7-9(12)6-10-8-13(17)16-14(10)18/h3-4,6-7H,2,5,8H2,1H3,(H,16,17,18). The van der Waals surface area contributed by atoms with Gasteiger partial charge < -0.3 is 4.74 Å². The van der Waals surface area contributed by atoms with Gasteiger partial charge in [-0.15, -0.1) is 0 Å². The average molecular weight is 324 g/mol. The van der Waals surface area contributed by atoms with Crippen molar-refractivity contribution < 1.29 is 14.3 Å². The molecule has 0 aliphatic carbocycles. The van der Waals surface area contributed by atoms with Crippen LogP contribution in [0.15, 0.2) is 28.2 Å². The summed E-state index contributed by atoms with van der Waals surface area (Å²) >= 11 is 3.39. The number of benzene rings is 1. The highest BCUT2D eigenvalue weighted by Gasteiger charge is 2.24. The van der Waals surface area contributed by atoms with E-state index in [0.29, 0.717) is 17.9 Å². The third-order valence-electron chi connectivity index (χ3n) is 2.66. The summed E-state index contributed by atoms with van der Waals surface area (Å²) in [7, 11) is 0. The molecule has 0 radical (unpaired) electrons. The van der Waals surface area contributed by atoms with Gasteiger partial charge in [-0.2, -0.15) is 0 Å².